The van der Waals surface area contributed by atoms with Crippen molar-refractivity contribution in [3.05, 3.63) is 11.5 Å². The van der Waals surface area contributed by atoms with Crippen LogP contribution in [0.15, 0.2) is 0 Å². The van der Waals surface area contributed by atoms with Crippen molar-refractivity contribution in [2.75, 3.05) is 0 Å². The minimum Gasteiger partial charge on any atom is -0.676 e. The van der Waals surface area contributed by atoms with Crippen molar-refractivity contribution in [2.24, 2.45) is 0 Å². The second kappa shape index (κ2) is 19.7. The molecule has 0 aromatic heterocycles. The predicted molar refractivity (Wildman–Crippen MR) is 110 cm³/mol. The molecule has 0 amide bonds. The average Bonchev–Trinajstić information content (AvgIpc) is 2.82. The van der Waals surface area contributed by atoms with Gasteiger partial charge in [0.15, 0.2) is 24.8 Å². The Kier molecular flexibility index (Phi) is 21.5. The molecular formula is C18H32N2O14Pt. The molecule has 0 spiro atoms. The summed E-state index contributed by atoms with van der Waals surface area (Å²) in [5, 5.41) is 86.4. The molecule has 208 valence electrons. The van der Waals surface area contributed by atoms with E-state index in [0.717, 1.165) is 12.8 Å². The van der Waals surface area contributed by atoms with Gasteiger partial charge in [-0.25, -0.2) is 9.59 Å². The second-order valence-corrected chi connectivity index (χ2v) is 7.28. The van der Waals surface area contributed by atoms with Crippen molar-refractivity contribution < 1.29 is 91.3 Å². The molecule has 1 rings (SSSR count). The number of hydrogen-bond acceptors (Lipinski definition) is 12. The van der Waals surface area contributed by atoms with Crippen LogP contribution < -0.4 is 0 Å². The SMILES string of the molecule is O=CC(O)C(O)C(O)C(O)C(=O)O.O=CC(O)C(O)C(O)C(O)C(=O)O.[NH-]C1CCCCC1[NH-].[Pt+2]. The average molecular weight is 696 g/mol. The van der Waals surface area contributed by atoms with Gasteiger partial charge in [-0.05, 0) is 0 Å². The standard InChI is InChI=1S/C6H12N2.2C6H10O7.Pt/c7-5-3-1-2-4-6(5)8;2*7-1-2(8)3(9)4(10)5(11)6(12)13;/h5-8H,1-4H2;2*1-5,8-11H,(H,12,13);/q-2;;;+2. The number of carboxylic acid groups (broad SMARTS) is 2. The zero-order valence-corrected chi connectivity index (χ0v) is 20.5. The molecule has 1 aliphatic rings. The van der Waals surface area contributed by atoms with Gasteiger partial charge < -0.3 is 72.1 Å². The van der Waals surface area contributed by atoms with Crippen molar-refractivity contribution in [3.8, 4) is 0 Å². The number of aliphatic hydroxyl groups excluding tert-OH is 8. The van der Waals surface area contributed by atoms with E-state index in [-0.39, 0.29) is 45.7 Å². The van der Waals surface area contributed by atoms with Gasteiger partial charge in [0.1, 0.15) is 36.6 Å². The predicted octanol–water partition coefficient (Wildman–Crippen LogP) is -4.17. The zero-order valence-electron chi connectivity index (χ0n) is 18.2. The molecule has 0 radical (unpaired) electrons. The second-order valence-electron chi connectivity index (χ2n) is 7.28. The Morgan fingerprint density at radius 1 is 0.629 bits per heavy atom. The molecule has 12 N–H and O–H groups in total. The van der Waals surface area contributed by atoms with Crippen molar-refractivity contribution in [3.63, 3.8) is 0 Å². The smallest absolute Gasteiger partial charge is 0.676 e. The van der Waals surface area contributed by atoms with E-state index >= 15 is 0 Å². The van der Waals surface area contributed by atoms with Gasteiger partial charge in [0.25, 0.3) is 0 Å². The van der Waals surface area contributed by atoms with Gasteiger partial charge in [-0.15, -0.1) is 0 Å². The molecule has 16 nitrogen and oxygen atoms in total. The fraction of sp³-hybridized carbons (Fsp3) is 0.778. The molecule has 35 heavy (non-hydrogen) atoms. The van der Waals surface area contributed by atoms with Gasteiger partial charge in [0, 0.05) is 0 Å². The van der Waals surface area contributed by atoms with E-state index < -0.39 is 60.8 Å². The van der Waals surface area contributed by atoms with Gasteiger partial charge >= 0.3 is 33.0 Å². The molecule has 0 aliphatic heterocycles. The Bertz CT molecular complexity index is 578. The fourth-order valence-electron chi connectivity index (χ4n) is 2.36. The summed E-state index contributed by atoms with van der Waals surface area (Å²) in [5.41, 5.74) is 14.6. The van der Waals surface area contributed by atoms with Crippen LogP contribution in [-0.2, 0) is 40.2 Å². The van der Waals surface area contributed by atoms with Gasteiger partial charge in [-0.3, -0.25) is 0 Å². The summed E-state index contributed by atoms with van der Waals surface area (Å²) in [6, 6.07) is -0.160. The van der Waals surface area contributed by atoms with E-state index in [1.807, 2.05) is 0 Å². The summed E-state index contributed by atoms with van der Waals surface area (Å²) in [6.45, 7) is 0. The van der Waals surface area contributed by atoms with Crippen LogP contribution in [0.4, 0.5) is 0 Å². The van der Waals surface area contributed by atoms with E-state index in [4.69, 9.17) is 62.5 Å². The molecular weight excluding hydrogens is 663 g/mol. The third-order valence-corrected chi connectivity index (χ3v) is 4.60. The number of carboxylic acids is 2. The van der Waals surface area contributed by atoms with Crippen LogP contribution in [0.5, 0.6) is 0 Å². The van der Waals surface area contributed by atoms with Crippen LogP contribution in [-0.4, -0.2) is 136 Å². The van der Waals surface area contributed by atoms with Gasteiger partial charge in [-0.1, -0.05) is 25.7 Å². The molecule has 1 aliphatic carbocycles. The van der Waals surface area contributed by atoms with Crippen molar-refractivity contribution in [1.29, 1.82) is 0 Å². The molecule has 0 saturated heterocycles. The summed E-state index contributed by atoms with van der Waals surface area (Å²) in [5.74, 6) is -3.52. The summed E-state index contributed by atoms with van der Waals surface area (Å²) in [6.07, 6.45) is -12.5. The van der Waals surface area contributed by atoms with Gasteiger partial charge in [-0.2, -0.15) is 12.1 Å². The molecule has 0 aromatic carbocycles. The van der Waals surface area contributed by atoms with Gasteiger partial charge in [0.05, 0.1) is 0 Å². The number of carbonyl (C=O) groups is 4. The Labute approximate surface area is 214 Å². The van der Waals surface area contributed by atoms with Crippen LogP contribution in [0.1, 0.15) is 25.7 Å². The Hall–Kier alpha value is -1.43. The number of aliphatic carboxylic acids is 2. The maximum absolute atomic E-state index is 10.1. The molecule has 0 aromatic rings. The molecule has 1 fully saturated rings. The number of carbonyl (C=O) groups excluding carboxylic acids is 2. The first-order chi connectivity index (χ1) is 15.6. The minimum absolute atomic E-state index is 0. The largest absolute Gasteiger partial charge is 2.00 e. The van der Waals surface area contributed by atoms with Crippen molar-refractivity contribution >= 4 is 24.5 Å². The Balaban J connectivity index is -0.000000444. The number of aliphatic hydroxyl groups is 8. The molecule has 0 bridgehead atoms. The van der Waals surface area contributed by atoms with Crippen LogP contribution >= 0.6 is 0 Å². The maximum atomic E-state index is 10.1. The number of nitrogens with one attached hydrogen (secondary N) is 2. The first-order valence-corrected chi connectivity index (χ1v) is 9.86. The third kappa shape index (κ3) is 14.7. The topological polar surface area (TPSA) is 318 Å². The normalized spacial score (nSPS) is 23.9. The summed E-state index contributed by atoms with van der Waals surface area (Å²) >= 11 is 0. The quantitative estimate of drug-likeness (QED) is 0.0970. The minimum atomic E-state index is -2.25. The van der Waals surface area contributed by atoms with Crippen molar-refractivity contribution in [2.45, 2.75) is 86.6 Å². The Morgan fingerprint density at radius 3 is 1.06 bits per heavy atom. The zero-order chi connectivity index (χ0) is 27.2. The molecule has 1 saturated carbocycles. The molecule has 10 atom stereocenters. The molecule has 10 unspecified atom stereocenters. The number of aldehydes is 2. The van der Waals surface area contributed by atoms with E-state index in [0.29, 0.717) is 0 Å². The van der Waals surface area contributed by atoms with Crippen molar-refractivity contribution in [1.82, 2.24) is 0 Å². The fourth-order valence-corrected chi connectivity index (χ4v) is 2.36. The number of rotatable bonds is 10. The molecule has 17 heteroatoms. The van der Waals surface area contributed by atoms with E-state index in [1.165, 1.54) is 12.8 Å². The summed E-state index contributed by atoms with van der Waals surface area (Å²) in [7, 11) is 0. The maximum Gasteiger partial charge on any atom is 2.00 e. The third-order valence-electron chi connectivity index (χ3n) is 4.60. The summed E-state index contributed by atoms with van der Waals surface area (Å²) in [4.78, 5) is 39.9. The van der Waals surface area contributed by atoms with Gasteiger partial charge in [0.2, 0.25) is 0 Å². The van der Waals surface area contributed by atoms with Crippen LogP contribution in [0, 0.1) is 0 Å². The van der Waals surface area contributed by atoms with Crippen LogP contribution in [0.3, 0.4) is 0 Å². The molecule has 0 heterocycles. The monoisotopic (exact) mass is 695 g/mol. The first-order valence-electron chi connectivity index (χ1n) is 9.86. The summed E-state index contributed by atoms with van der Waals surface area (Å²) < 4.78 is 0. The van der Waals surface area contributed by atoms with Crippen LogP contribution in [0.25, 0.3) is 11.5 Å². The van der Waals surface area contributed by atoms with E-state index in [2.05, 4.69) is 0 Å². The number of hydrogen-bond donors (Lipinski definition) is 10. The first kappa shape index (κ1) is 38.1. The van der Waals surface area contributed by atoms with Crippen LogP contribution in [0.2, 0.25) is 0 Å². The van der Waals surface area contributed by atoms with E-state index in [1.54, 1.807) is 0 Å². The van der Waals surface area contributed by atoms with E-state index in [9.17, 15) is 19.2 Å². The Morgan fingerprint density at radius 2 is 0.886 bits per heavy atom.